The van der Waals surface area contributed by atoms with Gasteiger partial charge in [0, 0.05) is 25.4 Å². The number of hydrogen-bond donors (Lipinski definition) is 3. The largest absolute Gasteiger partial charge is 0.355 e. The first-order chi connectivity index (χ1) is 9.19. The van der Waals surface area contributed by atoms with Crippen LogP contribution >= 0.6 is 0 Å². The van der Waals surface area contributed by atoms with Gasteiger partial charge < -0.3 is 5.32 Å². The van der Waals surface area contributed by atoms with Crippen LogP contribution in [-0.4, -0.2) is 51.7 Å². The van der Waals surface area contributed by atoms with E-state index in [0.29, 0.717) is 31.3 Å². The quantitative estimate of drug-likeness (QED) is 0.655. The highest BCUT2D eigenvalue weighted by Gasteiger charge is 2.22. The summed E-state index contributed by atoms with van der Waals surface area (Å²) in [6.45, 7) is 5.03. The van der Waals surface area contributed by atoms with Crippen molar-refractivity contribution < 1.29 is 4.79 Å². The number of nitrogens with one attached hydrogen (secondary N) is 3. The number of carbonyl (C=O) groups excluding carboxylic acids is 1. The molecular weight excluding hydrogens is 246 g/mol. The molecule has 1 fully saturated rings. The Labute approximate surface area is 111 Å². The number of rotatable bonds is 6. The molecule has 1 atom stereocenters. The first-order valence-corrected chi connectivity index (χ1v) is 6.83. The van der Waals surface area contributed by atoms with Gasteiger partial charge in [0.1, 0.15) is 5.82 Å². The maximum absolute atomic E-state index is 11.7. The fourth-order valence-electron chi connectivity index (χ4n) is 2.52. The fraction of sp³-hybridized carbons (Fsp3) is 0.750. The summed E-state index contributed by atoms with van der Waals surface area (Å²) in [5, 5.41) is 9.01. The summed E-state index contributed by atoms with van der Waals surface area (Å²) in [4.78, 5) is 27.5. The van der Waals surface area contributed by atoms with Gasteiger partial charge in [-0.25, -0.2) is 9.89 Å². The van der Waals surface area contributed by atoms with Crippen LogP contribution in [0.3, 0.4) is 0 Å². The second kappa shape index (κ2) is 6.51. The normalized spacial score (nSPS) is 19.7. The average molecular weight is 267 g/mol. The summed E-state index contributed by atoms with van der Waals surface area (Å²) in [5.41, 5.74) is -0.333. The Balaban J connectivity index is 1.68. The van der Waals surface area contributed by atoms with Crippen molar-refractivity contribution in [3.63, 3.8) is 0 Å². The van der Waals surface area contributed by atoms with E-state index in [0.717, 1.165) is 19.5 Å². The SMILES string of the molecule is CCN1CCCC1CNC(=O)CCc1n[nH]c(=O)[nH]1. The molecule has 1 aliphatic heterocycles. The molecule has 1 aliphatic rings. The van der Waals surface area contributed by atoms with E-state index in [1.807, 2.05) is 0 Å². The summed E-state index contributed by atoms with van der Waals surface area (Å²) >= 11 is 0. The number of aromatic amines is 2. The molecule has 1 amide bonds. The lowest BCUT2D eigenvalue weighted by molar-refractivity contribution is -0.121. The lowest BCUT2D eigenvalue weighted by Gasteiger charge is -2.22. The minimum atomic E-state index is -0.333. The topological polar surface area (TPSA) is 93.9 Å². The van der Waals surface area contributed by atoms with E-state index in [1.165, 1.54) is 6.42 Å². The number of aromatic nitrogens is 3. The zero-order chi connectivity index (χ0) is 13.7. The Morgan fingerprint density at radius 3 is 3.11 bits per heavy atom. The standard InChI is InChI=1S/C12H21N5O2/c1-2-17-7-3-4-9(17)8-13-11(18)6-5-10-14-12(19)16-15-10/h9H,2-8H2,1H3,(H,13,18)(H2,14,15,16,19). The molecule has 1 aromatic heterocycles. The molecule has 19 heavy (non-hydrogen) atoms. The Morgan fingerprint density at radius 1 is 1.58 bits per heavy atom. The maximum Gasteiger partial charge on any atom is 0.340 e. The van der Waals surface area contributed by atoms with E-state index in [2.05, 4.69) is 32.3 Å². The van der Waals surface area contributed by atoms with E-state index in [4.69, 9.17) is 0 Å². The number of hydrogen-bond acceptors (Lipinski definition) is 4. The zero-order valence-electron chi connectivity index (χ0n) is 11.2. The first-order valence-electron chi connectivity index (χ1n) is 6.83. The Kier molecular flexibility index (Phi) is 4.73. The van der Waals surface area contributed by atoms with Crippen LogP contribution < -0.4 is 11.0 Å². The highest BCUT2D eigenvalue weighted by atomic mass is 16.2. The Bertz CT molecular complexity index is 467. The van der Waals surface area contributed by atoms with Gasteiger partial charge >= 0.3 is 5.69 Å². The zero-order valence-corrected chi connectivity index (χ0v) is 11.2. The smallest absolute Gasteiger partial charge is 0.340 e. The van der Waals surface area contributed by atoms with Gasteiger partial charge in [0.2, 0.25) is 5.91 Å². The van der Waals surface area contributed by atoms with Gasteiger partial charge in [0.25, 0.3) is 0 Å². The molecule has 7 heteroatoms. The molecule has 1 unspecified atom stereocenters. The lowest BCUT2D eigenvalue weighted by atomic mass is 10.2. The molecular formula is C12H21N5O2. The highest BCUT2D eigenvalue weighted by Crippen LogP contribution is 2.15. The maximum atomic E-state index is 11.7. The van der Waals surface area contributed by atoms with Gasteiger partial charge in [0.05, 0.1) is 0 Å². The summed E-state index contributed by atoms with van der Waals surface area (Å²) in [6.07, 6.45) is 3.16. The Morgan fingerprint density at radius 2 is 2.42 bits per heavy atom. The second-order valence-corrected chi connectivity index (χ2v) is 4.85. The van der Waals surface area contributed by atoms with Crippen LogP contribution in [0.25, 0.3) is 0 Å². The van der Waals surface area contributed by atoms with Crippen molar-refractivity contribution in [1.82, 2.24) is 25.4 Å². The van der Waals surface area contributed by atoms with Crippen molar-refractivity contribution in [2.75, 3.05) is 19.6 Å². The van der Waals surface area contributed by atoms with Gasteiger partial charge in [0.15, 0.2) is 0 Å². The Hall–Kier alpha value is -1.63. The van der Waals surface area contributed by atoms with Crippen LogP contribution in [0.2, 0.25) is 0 Å². The van der Waals surface area contributed by atoms with Crippen molar-refractivity contribution >= 4 is 5.91 Å². The van der Waals surface area contributed by atoms with Crippen molar-refractivity contribution in [3.8, 4) is 0 Å². The van der Waals surface area contributed by atoms with Gasteiger partial charge in [-0.2, -0.15) is 5.10 Å². The molecule has 0 spiro atoms. The third-order valence-corrected chi connectivity index (χ3v) is 3.58. The van der Waals surface area contributed by atoms with Crippen molar-refractivity contribution in [3.05, 3.63) is 16.3 Å². The van der Waals surface area contributed by atoms with Crippen molar-refractivity contribution in [2.45, 2.75) is 38.6 Å². The van der Waals surface area contributed by atoms with E-state index in [9.17, 15) is 9.59 Å². The number of likely N-dealkylation sites (tertiary alicyclic amines) is 1. The van der Waals surface area contributed by atoms with Gasteiger partial charge in [-0.1, -0.05) is 6.92 Å². The van der Waals surface area contributed by atoms with E-state index < -0.39 is 0 Å². The third kappa shape index (κ3) is 3.92. The highest BCUT2D eigenvalue weighted by molar-refractivity contribution is 5.76. The van der Waals surface area contributed by atoms with Crippen molar-refractivity contribution in [1.29, 1.82) is 0 Å². The lowest BCUT2D eigenvalue weighted by Crippen LogP contribution is -2.40. The summed E-state index contributed by atoms with van der Waals surface area (Å²) in [6, 6.07) is 0.471. The number of likely N-dealkylation sites (N-methyl/N-ethyl adjacent to an activating group) is 1. The van der Waals surface area contributed by atoms with Crippen molar-refractivity contribution in [2.24, 2.45) is 0 Å². The molecule has 0 aromatic carbocycles. The predicted molar refractivity (Wildman–Crippen MR) is 70.8 cm³/mol. The average Bonchev–Trinajstić information content (AvgIpc) is 3.02. The van der Waals surface area contributed by atoms with Crippen LogP contribution in [0.5, 0.6) is 0 Å². The van der Waals surface area contributed by atoms with Gasteiger partial charge in [-0.3, -0.25) is 14.7 Å². The monoisotopic (exact) mass is 267 g/mol. The number of nitrogens with zero attached hydrogens (tertiary/aromatic N) is 2. The van der Waals surface area contributed by atoms with E-state index in [-0.39, 0.29) is 11.6 Å². The minimum Gasteiger partial charge on any atom is -0.355 e. The molecule has 2 heterocycles. The van der Waals surface area contributed by atoms with Crippen LogP contribution in [0, 0.1) is 0 Å². The molecule has 1 aromatic rings. The van der Waals surface area contributed by atoms with E-state index in [1.54, 1.807) is 0 Å². The third-order valence-electron chi connectivity index (χ3n) is 3.58. The number of carbonyl (C=O) groups is 1. The molecule has 7 nitrogen and oxygen atoms in total. The summed E-state index contributed by atoms with van der Waals surface area (Å²) in [7, 11) is 0. The molecule has 0 saturated carbocycles. The fourth-order valence-corrected chi connectivity index (χ4v) is 2.52. The molecule has 1 saturated heterocycles. The predicted octanol–water partition coefficient (Wildman–Crippen LogP) is -0.369. The van der Waals surface area contributed by atoms with Crippen LogP contribution in [-0.2, 0) is 11.2 Å². The van der Waals surface area contributed by atoms with Crippen LogP contribution in [0.15, 0.2) is 4.79 Å². The summed E-state index contributed by atoms with van der Waals surface area (Å²) in [5.74, 6) is 0.531. The number of amides is 1. The number of aryl methyl sites for hydroxylation is 1. The van der Waals surface area contributed by atoms with Gasteiger partial charge in [-0.15, -0.1) is 0 Å². The van der Waals surface area contributed by atoms with E-state index >= 15 is 0 Å². The summed E-state index contributed by atoms with van der Waals surface area (Å²) < 4.78 is 0. The van der Waals surface area contributed by atoms with Gasteiger partial charge in [-0.05, 0) is 25.9 Å². The number of H-pyrrole nitrogens is 2. The first kappa shape index (κ1) is 13.8. The van der Waals surface area contributed by atoms with Crippen LogP contribution in [0.1, 0.15) is 32.0 Å². The molecule has 0 bridgehead atoms. The molecule has 0 aliphatic carbocycles. The molecule has 2 rings (SSSR count). The molecule has 0 radical (unpaired) electrons. The van der Waals surface area contributed by atoms with Crippen LogP contribution in [0.4, 0.5) is 0 Å². The molecule has 106 valence electrons. The minimum absolute atomic E-state index is 0.00630. The second-order valence-electron chi connectivity index (χ2n) is 4.85. The molecule has 3 N–H and O–H groups in total.